The summed E-state index contributed by atoms with van der Waals surface area (Å²) in [5, 5.41) is 3.17. The van der Waals surface area contributed by atoms with Gasteiger partial charge in [0, 0.05) is 30.5 Å². The number of hydrogen-bond acceptors (Lipinski definition) is 6. The van der Waals surface area contributed by atoms with Crippen LogP contribution >= 0.6 is 11.3 Å². The lowest BCUT2D eigenvalue weighted by Gasteiger charge is -2.27. The van der Waals surface area contributed by atoms with Crippen LogP contribution in [0.15, 0.2) is 48.5 Å². The van der Waals surface area contributed by atoms with Gasteiger partial charge in [0.15, 0.2) is 10.9 Å². The molecule has 3 aromatic rings. The summed E-state index contributed by atoms with van der Waals surface area (Å²) in [5.41, 5.74) is 3.06. The second-order valence-corrected chi connectivity index (χ2v) is 9.36. The lowest BCUT2D eigenvalue weighted by atomic mass is 9.88. The van der Waals surface area contributed by atoms with Gasteiger partial charge in [0.05, 0.1) is 23.0 Å². The number of carbonyl (C=O) groups excluding carboxylic acids is 3. The molecule has 168 valence electrons. The van der Waals surface area contributed by atoms with Crippen LogP contribution < -0.4 is 10.1 Å². The second kappa shape index (κ2) is 8.78. The summed E-state index contributed by atoms with van der Waals surface area (Å²) in [6, 6.07) is 15.0. The maximum absolute atomic E-state index is 13.3. The van der Waals surface area contributed by atoms with Gasteiger partial charge in [-0.25, -0.2) is 4.98 Å². The predicted molar refractivity (Wildman–Crippen MR) is 125 cm³/mol. The maximum Gasteiger partial charge on any atom is 0.257 e. The van der Waals surface area contributed by atoms with E-state index >= 15 is 0 Å². The van der Waals surface area contributed by atoms with Crippen LogP contribution in [0.2, 0.25) is 0 Å². The summed E-state index contributed by atoms with van der Waals surface area (Å²) in [4.78, 5) is 45.5. The number of Topliss-reactive ketones (excluding diaryl/α,β-unsaturated/α-hetero) is 1. The van der Waals surface area contributed by atoms with Crippen molar-refractivity contribution in [3.63, 3.8) is 0 Å². The Morgan fingerprint density at radius 3 is 2.85 bits per heavy atom. The molecule has 0 saturated heterocycles. The van der Waals surface area contributed by atoms with E-state index in [1.807, 2.05) is 43.3 Å². The van der Waals surface area contributed by atoms with Gasteiger partial charge in [-0.3, -0.25) is 19.7 Å². The van der Waals surface area contributed by atoms with Gasteiger partial charge in [0.2, 0.25) is 5.91 Å². The van der Waals surface area contributed by atoms with Crippen LogP contribution in [0.1, 0.15) is 43.3 Å². The molecule has 0 spiro atoms. The van der Waals surface area contributed by atoms with Crippen molar-refractivity contribution in [1.29, 1.82) is 0 Å². The number of amides is 2. The minimum Gasteiger partial charge on any atom is -0.491 e. The van der Waals surface area contributed by atoms with Gasteiger partial charge < -0.3 is 9.64 Å². The van der Waals surface area contributed by atoms with Crippen LogP contribution in [0.4, 0.5) is 5.13 Å². The number of aromatic nitrogens is 1. The average molecular weight is 462 g/mol. The number of thiazole rings is 1. The molecule has 0 unspecified atom stereocenters. The molecule has 1 atom stereocenters. The summed E-state index contributed by atoms with van der Waals surface area (Å²) in [6.45, 7) is 3.27. The second-order valence-electron chi connectivity index (χ2n) is 8.36. The van der Waals surface area contributed by atoms with E-state index in [4.69, 9.17) is 4.74 Å². The van der Waals surface area contributed by atoms with Crippen molar-refractivity contribution in [2.24, 2.45) is 5.92 Å². The SMILES string of the molecule is Cc1cccc(C(=O)Nc2nc3c(s2)C(=O)C[C@H](C(=O)N2CCOc4ccccc4C2)C3)c1. The molecule has 2 amide bonds. The van der Waals surface area contributed by atoms with E-state index in [9.17, 15) is 14.4 Å². The van der Waals surface area contributed by atoms with Crippen molar-refractivity contribution in [3.8, 4) is 5.75 Å². The summed E-state index contributed by atoms with van der Waals surface area (Å²) in [6.07, 6.45) is 0.536. The quantitative estimate of drug-likeness (QED) is 0.640. The van der Waals surface area contributed by atoms with Gasteiger partial charge in [-0.05, 0) is 25.1 Å². The van der Waals surface area contributed by atoms with Crippen LogP contribution in [0.25, 0.3) is 0 Å². The number of nitrogens with zero attached hydrogens (tertiary/aromatic N) is 2. The first-order valence-electron chi connectivity index (χ1n) is 10.9. The van der Waals surface area contributed by atoms with E-state index in [2.05, 4.69) is 10.3 Å². The number of ether oxygens (including phenoxy) is 1. The third kappa shape index (κ3) is 4.39. The fraction of sp³-hybridized carbons (Fsp3) is 0.280. The molecule has 7 nitrogen and oxygen atoms in total. The number of rotatable bonds is 3. The molecule has 2 heterocycles. The zero-order chi connectivity index (χ0) is 22.9. The number of carbonyl (C=O) groups is 3. The van der Waals surface area contributed by atoms with E-state index < -0.39 is 5.92 Å². The Balaban J connectivity index is 1.31. The zero-order valence-corrected chi connectivity index (χ0v) is 19.0. The van der Waals surface area contributed by atoms with Crippen molar-refractivity contribution < 1.29 is 19.1 Å². The van der Waals surface area contributed by atoms with Crippen molar-refractivity contribution in [2.75, 3.05) is 18.5 Å². The standard InChI is InChI=1S/C25H23N3O4S/c1-15-5-4-7-16(11-15)23(30)27-25-26-19-12-18(13-20(29)22(19)33-25)24(31)28-9-10-32-21-8-3-2-6-17(21)14-28/h2-8,11,18H,9-10,12-14H2,1H3,(H,26,27,30)/t18-/m1/s1. The number of fused-ring (bicyclic) bond motifs is 2. The average Bonchev–Trinajstić information content (AvgIpc) is 3.09. The first-order chi connectivity index (χ1) is 16.0. The largest absolute Gasteiger partial charge is 0.491 e. The molecule has 1 aliphatic heterocycles. The Kier molecular flexibility index (Phi) is 5.68. The van der Waals surface area contributed by atoms with Crippen molar-refractivity contribution >= 4 is 34.1 Å². The number of anilines is 1. The minimum absolute atomic E-state index is 0.0624. The normalized spacial score (nSPS) is 17.4. The first-order valence-corrected chi connectivity index (χ1v) is 11.7. The van der Waals surface area contributed by atoms with Gasteiger partial charge in [-0.15, -0.1) is 0 Å². The van der Waals surface area contributed by atoms with Gasteiger partial charge in [0.25, 0.3) is 5.91 Å². The highest BCUT2D eigenvalue weighted by atomic mass is 32.1. The van der Waals surface area contributed by atoms with Crippen LogP contribution in [0, 0.1) is 12.8 Å². The Bertz CT molecular complexity index is 1250. The highest BCUT2D eigenvalue weighted by molar-refractivity contribution is 7.17. The molecule has 33 heavy (non-hydrogen) atoms. The van der Waals surface area contributed by atoms with E-state index in [1.54, 1.807) is 17.0 Å². The molecular weight excluding hydrogens is 438 g/mol. The van der Waals surface area contributed by atoms with Gasteiger partial charge in [-0.1, -0.05) is 47.2 Å². The van der Waals surface area contributed by atoms with Crippen molar-refractivity contribution in [3.05, 3.63) is 75.8 Å². The molecule has 5 rings (SSSR count). The molecule has 0 fully saturated rings. The third-order valence-corrected chi connectivity index (χ3v) is 6.99. The molecular formula is C25H23N3O4S. The summed E-state index contributed by atoms with van der Waals surface area (Å²) in [5.74, 6) is -0.101. The molecule has 2 aliphatic rings. The monoisotopic (exact) mass is 461 g/mol. The highest BCUT2D eigenvalue weighted by Crippen LogP contribution is 2.34. The Hall–Kier alpha value is -3.52. The van der Waals surface area contributed by atoms with Crippen LogP contribution in [0.5, 0.6) is 5.75 Å². The maximum atomic E-state index is 13.3. The molecule has 1 aromatic heterocycles. The lowest BCUT2D eigenvalue weighted by Crippen LogP contribution is -2.40. The number of hydrogen-bond donors (Lipinski definition) is 1. The van der Waals surface area contributed by atoms with E-state index in [0.717, 1.165) is 16.9 Å². The highest BCUT2D eigenvalue weighted by Gasteiger charge is 2.36. The molecule has 1 aliphatic carbocycles. The third-order valence-electron chi connectivity index (χ3n) is 5.94. The molecule has 8 heteroatoms. The Morgan fingerprint density at radius 2 is 2.00 bits per heavy atom. The summed E-state index contributed by atoms with van der Waals surface area (Å²) >= 11 is 1.18. The lowest BCUT2D eigenvalue weighted by molar-refractivity contribution is -0.136. The smallest absolute Gasteiger partial charge is 0.257 e. The van der Waals surface area contributed by atoms with Crippen molar-refractivity contribution in [1.82, 2.24) is 9.88 Å². The Morgan fingerprint density at radius 1 is 1.15 bits per heavy atom. The molecule has 0 saturated carbocycles. The number of nitrogens with one attached hydrogen (secondary N) is 1. The van der Waals surface area contributed by atoms with E-state index in [1.165, 1.54) is 11.3 Å². The number of aryl methyl sites for hydroxylation is 1. The van der Waals surface area contributed by atoms with Gasteiger partial charge >= 0.3 is 0 Å². The minimum atomic E-state index is -0.460. The van der Waals surface area contributed by atoms with Crippen LogP contribution in [0.3, 0.4) is 0 Å². The number of benzene rings is 2. The fourth-order valence-corrected chi connectivity index (χ4v) is 5.22. The molecule has 2 aromatic carbocycles. The van der Waals surface area contributed by atoms with E-state index in [0.29, 0.717) is 47.4 Å². The number of ketones is 1. The first kappa shape index (κ1) is 21.3. The number of para-hydroxylation sites is 1. The molecule has 0 radical (unpaired) electrons. The van der Waals surface area contributed by atoms with Gasteiger partial charge in [-0.2, -0.15) is 0 Å². The summed E-state index contributed by atoms with van der Waals surface area (Å²) in [7, 11) is 0. The van der Waals surface area contributed by atoms with Crippen LogP contribution in [-0.4, -0.2) is 40.6 Å². The predicted octanol–water partition coefficient (Wildman–Crippen LogP) is 3.87. The Labute approximate surface area is 195 Å². The van der Waals surface area contributed by atoms with Crippen molar-refractivity contribution in [2.45, 2.75) is 26.3 Å². The molecule has 1 N–H and O–H groups in total. The fourth-order valence-electron chi connectivity index (χ4n) is 4.29. The molecule has 0 bridgehead atoms. The topological polar surface area (TPSA) is 88.6 Å². The van der Waals surface area contributed by atoms with Crippen LogP contribution in [-0.2, 0) is 17.8 Å². The zero-order valence-electron chi connectivity index (χ0n) is 18.2. The summed E-state index contributed by atoms with van der Waals surface area (Å²) < 4.78 is 5.77. The van der Waals surface area contributed by atoms with Gasteiger partial charge in [0.1, 0.15) is 12.4 Å². The van der Waals surface area contributed by atoms with E-state index in [-0.39, 0.29) is 24.0 Å².